The van der Waals surface area contributed by atoms with E-state index in [0.717, 1.165) is 18.4 Å². The molecule has 174 valence electrons. The van der Waals surface area contributed by atoms with Crippen LogP contribution in [0.2, 0.25) is 0 Å². The summed E-state index contributed by atoms with van der Waals surface area (Å²) >= 11 is 0. The first kappa shape index (κ1) is 22.3. The van der Waals surface area contributed by atoms with Gasteiger partial charge in [0.15, 0.2) is 0 Å². The zero-order valence-electron chi connectivity index (χ0n) is 18.8. The number of aromatic amines is 1. The van der Waals surface area contributed by atoms with Crippen molar-refractivity contribution in [2.45, 2.75) is 31.1 Å². The van der Waals surface area contributed by atoms with Crippen LogP contribution in [0, 0.1) is 0 Å². The molecule has 0 radical (unpaired) electrons. The van der Waals surface area contributed by atoms with Crippen LogP contribution < -0.4 is 10.9 Å². The number of aliphatic hydroxyl groups excluding tert-OH is 1. The van der Waals surface area contributed by atoms with Gasteiger partial charge in [0.25, 0.3) is 0 Å². The number of ether oxygens (including phenoxy) is 1. The van der Waals surface area contributed by atoms with Crippen molar-refractivity contribution in [3.63, 3.8) is 0 Å². The Balaban J connectivity index is 1.34. The number of benzene rings is 3. The largest absolute Gasteiger partial charge is 0.506 e. The predicted octanol–water partition coefficient (Wildman–Crippen LogP) is 3.61. The summed E-state index contributed by atoms with van der Waals surface area (Å²) in [5, 5.41) is 25.5. The topological polar surface area (TPSA) is 94.6 Å². The molecule has 4 aromatic rings. The molecule has 0 bridgehead atoms. The van der Waals surface area contributed by atoms with Crippen molar-refractivity contribution in [1.82, 2.24) is 10.3 Å². The van der Waals surface area contributed by atoms with Crippen LogP contribution >= 0.6 is 0 Å². The Hall–Kier alpha value is -3.45. The maximum atomic E-state index is 11.7. The molecular formula is C28H28N2O4. The van der Waals surface area contributed by atoms with Gasteiger partial charge in [-0.2, -0.15) is 0 Å². The molecule has 5 rings (SSSR count). The number of aliphatic hydroxyl groups is 1. The average Bonchev–Trinajstić information content (AvgIpc) is 3.22. The predicted molar refractivity (Wildman–Crippen MR) is 132 cm³/mol. The molecule has 1 atom stereocenters. The standard InChI is InChI=1S/C28H28N2O4/c31-24-12-10-22(23-11-13-26(33)30-27(23)24)25(32)16-29-28(14-20-8-4-5-9-21(20)15-28)18-34-17-19-6-2-1-3-7-19/h1-13,25,29,31-32H,14-18H2,(H,30,33)/t25-/m0/s1. The quantitative estimate of drug-likeness (QED) is 0.325. The molecule has 0 unspecified atom stereocenters. The highest BCUT2D eigenvalue weighted by atomic mass is 16.5. The summed E-state index contributed by atoms with van der Waals surface area (Å²) in [5.74, 6) is -0.0198. The highest BCUT2D eigenvalue weighted by molar-refractivity contribution is 5.87. The summed E-state index contributed by atoms with van der Waals surface area (Å²) in [6.45, 7) is 1.34. The summed E-state index contributed by atoms with van der Waals surface area (Å²) < 4.78 is 6.16. The molecule has 1 aliphatic rings. The van der Waals surface area contributed by atoms with Gasteiger partial charge < -0.3 is 25.3 Å². The number of fused-ring (bicyclic) bond motifs is 2. The highest BCUT2D eigenvalue weighted by Crippen LogP contribution is 2.32. The molecule has 3 aromatic carbocycles. The van der Waals surface area contributed by atoms with Crippen LogP contribution in [0.5, 0.6) is 5.75 Å². The van der Waals surface area contributed by atoms with Crippen molar-refractivity contribution in [1.29, 1.82) is 0 Å². The first-order valence-corrected chi connectivity index (χ1v) is 11.5. The van der Waals surface area contributed by atoms with Gasteiger partial charge in [-0.1, -0.05) is 60.7 Å². The van der Waals surface area contributed by atoms with Gasteiger partial charge in [0, 0.05) is 23.5 Å². The van der Waals surface area contributed by atoms with E-state index in [9.17, 15) is 15.0 Å². The second-order valence-corrected chi connectivity index (χ2v) is 9.06. The minimum Gasteiger partial charge on any atom is -0.506 e. The molecule has 4 N–H and O–H groups in total. The first-order chi connectivity index (χ1) is 16.5. The van der Waals surface area contributed by atoms with E-state index in [2.05, 4.69) is 34.6 Å². The molecule has 0 saturated carbocycles. The number of aromatic hydroxyl groups is 1. The number of aromatic nitrogens is 1. The molecule has 6 nitrogen and oxygen atoms in total. The summed E-state index contributed by atoms with van der Waals surface area (Å²) in [4.78, 5) is 14.4. The van der Waals surface area contributed by atoms with Gasteiger partial charge in [0.2, 0.25) is 5.56 Å². The van der Waals surface area contributed by atoms with E-state index in [1.54, 1.807) is 12.1 Å². The number of nitrogens with one attached hydrogen (secondary N) is 2. The van der Waals surface area contributed by atoms with Crippen LogP contribution in [-0.4, -0.2) is 33.9 Å². The van der Waals surface area contributed by atoms with Crippen molar-refractivity contribution in [3.05, 3.63) is 111 Å². The van der Waals surface area contributed by atoms with Crippen LogP contribution in [0.4, 0.5) is 0 Å². The van der Waals surface area contributed by atoms with E-state index >= 15 is 0 Å². The van der Waals surface area contributed by atoms with Crippen LogP contribution in [-0.2, 0) is 24.2 Å². The van der Waals surface area contributed by atoms with Crippen molar-refractivity contribution in [2.24, 2.45) is 0 Å². The van der Waals surface area contributed by atoms with Gasteiger partial charge in [0.1, 0.15) is 5.75 Å². The van der Waals surface area contributed by atoms with Crippen molar-refractivity contribution < 1.29 is 14.9 Å². The monoisotopic (exact) mass is 456 g/mol. The Bertz CT molecular complexity index is 1320. The van der Waals surface area contributed by atoms with Gasteiger partial charge in [-0.15, -0.1) is 0 Å². The number of phenols is 1. The summed E-state index contributed by atoms with van der Waals surface area (Å²) in [5.41, 5.74) is 4.05. The van der Waals surface area contributed by atoms with E-state index in [1.165, 1.54) is 23.3 Å². The molecule has 1 aliphatic carbocycles. The number of phenolic OH excluding ortho intramolecular Hbond substituents is 1. The van der Waals surface area contributed by atoms with Crippen molar-refractivity contribution in [3.8, 4) is 5.75 Å². The third-order valence-corrected chi connectivity index (χ3v) is 6.60. The Kier molecular flexibility index (Phi) is 6.20. The summed E-state index contributed by atoms with van der Waals surface area (Å²) in [6.07, 6.45) is 0.798. The van der Waals surface area contributed by atoms with E-state index in [-0.39, 0.29) is 16.8 Å². The van der Waals surface area contributed by atoms with Crippen molar-refractivity contribution in [2.75, 3.05) is 13.2 Å². The van der Waals surface area contributed by atoms with Crippen LogP contribution in [0.1, 0.15) is 28.4 Å². The molecule has 0 fully saturated rings. The Labute approximate surface area is 197 Å². The molecule has 1 aromatic heterocycles. The fourth-order valence-electron chi connectivity index (χ4n) is 4.88. The molecule has 0 amide bonds. The van der Waals surface area contributed by atoms with E-state index in [4.69, 9.17) is 4.74 Å². The molecule has 6 heteroatoms. The Morgan fingerprint density at radius 1 is 0.941 bits per heavy atom. The smallest absolute Gasteiger partial charge is 0.248 e. The lowest BCUT2D eigenvalue weighted by atomic mass is 9.95. The molecular weight excluding hydrogens is 428 g/mol. The number of pyridine rings is 1. The maximum Gasteiger partial charge on any atom is 0.248 e. The van der Waals surface area contributed by atoms with Gasteiger partial charge in [0.05, 0.1) is 24.8 Å². The molecule has 0 aliphatic heterocycles. The third kappa shape index (κ3) is 4.61. The highest BCUT2D eigenvalue weighted by Gasteiger charge is 2.37. The maximum absolute atomic E-state index is 11.7. The minimum atomic E-state index is -0.830. The van der Waals surface area contributed by atoms with Crippen LogP contribution in [0.3, 0.4) is 0 Å². The Morgan fingerprint density at radius 3 is 2.38 bits per heavy atom. The molecule has 0 saturated heterocycles. The molecule has 0 spiro atoms. The lowest BCUT2D eigenvalue weighted by Crippen LogP contribution is -2.51. The number of rotatable bonds is 8. The number of β-amino-alcohol motifs (C(OH)–C–C–N with tert-alkyl or cyclic N) is 1. The zero-order chi connectivity index (χ0) is 23.5. The normalized spacial score (nSPS) is 15.3. The second-order valence-electron chi connectivity index (χ2n) is 9.06. The number of hydrogen-bond acceptors (Lipinski definition) is 5. The second kappa shape index (κ2) is 9.43. The summed E-state index contributed by atoms with van der Waals surface area (Å²) in [7, 11) is 0. The van der Waals surface area contributed by atoms with Gasteiger partial charge in [-0.05, 0) is 47.2 Å². The fraction of sp³-hybridized carbons (Fsp3) is 0.250. The van der Waals surface area contributed by atoms with Gasteiger partial charge >= 0.3 is 0 Å². The van der Waals surface area contributed by atoms with Crippen LogP contribution in [0.25, 0.3) is 10.9 Å². The molecule has 34 heavy (non-hydrogen) atoms. The zero-order valence-corrected chi connectivity index (χ0v) is 18.8. The first-order valence-electron chi connectivity index (χ1n) is 11.5. The van der Waals surface area contributed by atoms with Gasteiger partial charge in [-0.3, -0.25) is 4.79 Å². The summed E-state index contributed by atoms with van der Waals surface area (Å²) in [6, 6.07) is 24.7. The van der Waals surface area contributed by atoms with E-state index < -0.39 is 6.10 Å². The minimum absolute atomic E-state index is 0.0198. The number of H-pyrrole nitrogens is 1. The third-order valence-electron chi connectivity index (χ3n) is 6.60. The van der Waals surface area contributed by atoms with Gasteiger partial charge in [-0.25, -0.2) is 0 Å². The van der Waals surface area contributed by atoms with E-state index in [0.29, 0.717) is 36.2 Å². The number of hydrogen-bond donors (Lipinski definition) is 4. The lowest BCUT2D eigenvalue weighted by molar-refractivity contribution is 0.0525. The molecule has 1 heterocycles. The fourth-order valence-corrected chi connectivity index (χ4v) is 4.88. The lowest BCUT2D eigenvalue weighted by Gasteiger charge is -2.32. The van der Waals surface area contributed by atoms with Crippen LogP contribution in [0.15, 0.2) is 83.7 Å². The van der Waals surface area contributed by atoms with Crippen molar-refractivity contribution >= 4 is 10.9 Å². The Morgan fingerprint density at radius 2 is 1.65 bits per heavy atom. The SMILES string of the molecule is O=c1ccc2c([C@@H](O)CNC3(COCc4ccccc4)Cc4ccccc4C3)ccc(O)c2[nH]1. The van der Waals surface area contributed by atoms with E-state index in [1.807, 2.05) is 30.3 Å². The average molecular weight is 457 g/mol.